The summed E-state index contributed by atoms with van der Waals surface area (Å²) in [5, 5.41) is 22.3. The minimum absolute atomic E-state index is 0.0295. The van der Waals surface area contributed by atoms with E-state index in [1.54, 1.807) is 30.8 Å². The van der Waals surface area contributed by atoms with Gasteiger partial charge < -0.3 is 19.7 Å². The van der Waals surface area contributed by atoms with Crippen LogP contribution in [-0.2, 0) is 10.2 Å². The van der Waals surface area contributed by atoms with E-state index < -0.39 is 29.7 Å². The smallest absolute Gasteiger partial charge is 0.496 e. The van der Waals surface area contributed by atoms with Crippen LogP contribution in [0.3, 0.4) is 0 Å². The third-order valence-electron chi connectivity index (χ3n) is 6.16. The van der Waals surface area contributed by atoms with E-state index in [1.165, 1.54) is 16.2 Å². The summed E-state index contributed by atoms with van der Waals surface area (Å²) in [6.07, 6.45) is 0.649. The molecule has 0 aliphatic carbocycles. The molecule has 186 valence electrons. The number of hydrogen-bond acceptors (Lipinski definition) is 7. The summed E-state index contributed by atoms with van der Waals surface area (Å²) in [5.74, 6) is -0.210. The summed E-state index contributed by atoms with van der Waals surface area (Å²) >= 11 is 1.36. The topological polar surface area (TPSA) is 109 Å². The monoisotopic (exact) mass is 490 g/mol. The molecule has 1 aliphatic heterocycles. The minimum atomic E-state index is -1.46. The summed E-state index contributed by atoms with van der Waals surface area (Å²) in [6, 6.07) is 4.67. The van der Waals surface area contributed by atoms with Gasteiger partial charge in [-0.05, 0) is 29.0 Å². The second-order valence-corrected chi connectivity index (χ2v) is 11.1. The van der Waals surface area contributed by atoms with Crippen molar-refractivity contribution in [2.24, 2.45) is 11.8 Å². The standard InChI is InChI=1S/C25H34N2O6S/c1-15(2)12-25(33-23(30)31)13-17(14-28)20(21-26-9-10-34-21)27(25)22(29)16-7-8-18(24(3,4)5)19(11-16)32-6/h7-11,15,17,20,28H,12-14H2,1-6H3,(H,30,31)/t17-,20?,25-/m0/s1. The van der Waals surface area contributed by atoms with E-state index >= 15 is 0 Å². The minimum Gasteiger partial charge on any atom is -0.496 e. The molecule has 1 aromatic heterocycles. The summed E-state index contributed by atoms with van der Waals surface area (Å²) in [6.45, 7) is 9.84. The lowest BCUT2D eigenvalue weighted by Crippen LogP contribution is -2.52. The molecule has 3 atom stereocenters. The Bertz CT molecular complexity index is 1020. The maximum absolute atomic E-state index is 14.1. The van der Waals surface area contributed by atoms with Crippen LogP contribution in [-0.4, -0.2) is 51.6 Å². The molecule has 34 heavy (non-hydrogen) atoms. The Balaban J connectivity index is 2.19. The SMILES string of the molecule is COc1cc(C(=O)N2C(c3nccs3)[C@H](CO)C[C@]2(CC(C)C)OC(=O)O)ccc1C(C)(C)C. The molecule has 0 bridgehead atoms. The summed E-state index contributed by atoms with van der Waals surface area (Å²) in [4.78, 5) is 31.9. The molecular weight excluding hydrogens is 456 g/mol. The molecular formula is C25H34N2O6S. The van der Waals surface area contributed by atoms with Gasteiger partial charge >= 0.3 is 6.16 Å². The number of aliphatic hydroxyl groups is 1. The van der Waals surface area contributed by atoms with E-state index in [0.717, 1.165) is 5.56 Å². The Morgan fingerprint density at radius 1 is 1.32 bits per heavy atom. The molecule has 1 aromatic carbocycles. The number of hydrogen-bond donors (Lipinski definition) is 2. The first kappa shape index (κ1) is 26.0. The third kappa shape index (κ3) is 5.05. The predicted molar refractivity (Wildman–Crippen MR) is 129 cm³/mol. The van der Waals surface area contributed by atoms with Crippen LogP contribution in [0.15, 0.2) is 29.8 Å². The number of methoxy groups -OCH3 is 1. The van der Waals surface area contributed by atoms with Crippen molar-refractivity contribution in [3.63, 3.8) is 0 Å². The molecule has 1 fully saturated rings. The van der Waals surface area contributed by atoms with Gasteiger partial charge in [0, 0.05) is 42.5 Å². The van der Waals surface area contributed by atoms with Crippen LogP contribution < -0.4 is 4.74 Å². The van der Waals surface area contributed by atoms with Gasteiger partial charge in [0.1, 0.15) is 10.8 Å². The molecule has 1 aliphatic rings. The zero-order valence-corrected chi connectivity index (χ0v) is 21.4. The second-order valence-electron chi connectivity index (χ2n) is 10.2. The quantitative estimate of drug-likeness (QED) is 0.521. The number of aliphatic hydroxyl groups excluding tert-OH is 1. The molecule has 2 heterocycles. The number of amides is 1. The number of benzene rings is 1. The van der Waals surface area contributed by atoms with Crippen LogP contribution in [0, 0.1) is 11.8 Å². The summed E-state index contributed by atoms with van der Waals surface area (Å²) in [5.41, 5.74) is -0.323. The molecule has 8 nitrogen and oxygen atoms in total. The summed E-state index contributed by atoms with van der Waals surface area (Å²) in [7, 11) is 1.56. The molecule has 1 amide bonds. The number of carboxylic acid groups (broad SMARTS) is 1. The van der Waals surface area contributed by atoms with E-state index in [1.807, 2.05) is 19.9 Å². The maximum atomic E-state index is 14.1. The first-order valence-electron chi connectivity index (χ1n) is 11.4. The lowest BCUT2D eigenvalue weighted by molar-refractivity contribution is -0.108. The normalized spacial score (nSPS) is 22.8. The maximum Gasteiger partial charge on any atom is 0.507 e. The van der Waals surface area contributed by atoms with Gasteiger partial charge in [-0.2, -0.15) is 0 Å². The Labute approximate surface area is 204 Å². The predicted octanol–water partition coefficient (Wildman–Crippen LogP) is 5.08. The van der Waals surface area contributed by atoms with Gasteiger partial charge in [-0.25, -0.2) is 9.78 Å². The number of rotatable bonds is 7. The van der Waals surface area contributed by atoms with Crippen molar-refractivity contribution < 1.29 is 29.3 Å². The Morgan fingerprint density at radius 2 is 2.03 bits per heavy atom. The van der Waals surface area contributed by atoms with Crippen LogP contribution in [0.2, 0.25) is 0 Å². The molecule has 2 N–H and O–H groups in total. The second kappa shape index (κ2) is 9.92. The Morgan fingerprint density at radius 3 is 2.53 bits per heavy atom. The average Bonchev–Trinajstić information content (AvgIpc) is 3.37. The Kier molecular flexibility index (Phi) is 7.57. The molecule has 0 saturated carbocycles. The molecule has 1 unspecified atom stereocenters. The van der Waals surface area contributed by atoms with E-state index in [2.05, 4.69) is 25.8 Å². The number of carbonyl (C=O) groups excluding carboxylic acids is 1. The van der Waals surface area contributed by atoms with E-state index in [4.69, 9.17) is 9.47 Å². The van der Waals surface area contributed by atoms with Crippen LogP contribution >= 0.6 is 11.3 Å². The van der Waals surface area contributed by atoms with Gasteiger partial charge in [0.2, 0.25) is 0 Å². The number of carbonyl (C=O) groups is 2. The van der Waals surface area contributed by atoms with Gasteiger partial charge in [-0.1, -0.05) is 40.7 Å². The van der Waals surface area contributed by atoms with Crippen molar-refractivity contribution in [3.05, 3.63) is 45.9 Å². The van der Waals surface area contributed by atoms with Crippen molar-refractivity contribution in [2.75, 3.05) is 13.7 Å². The number of thiazole rings is 1. The van der Waals surface area contributed by atoms with Crippen LogP contribution in [0.5, 0.6) is 5.75 Å². The fraction of sp³-hybridized carbons (Fsp3) is 0.560. The van der Waals surface area contributed by atoms with Crippen LogP contribution in [0.25, 0.3) is 0 Å². The average molecular weight is 491 g/mol. The third-order valence-corrected chi connectivity index (χ3v) is 7.01. The van der Waals surface area contributed by atoms with E-state index in [-0.39, 0.29) is 24.4 Å². The van der Waals surface area contributed by atoms with Crippen LogP contribution in [0.4, 0.5) is 4.79 Å². The number of likely N-dealkylation sites (tertiary alicyclic amines) is 1. The number of ether oxygens (including phenoxy) is 2. The first-order valence-corrected chi connectivity index (χ1v) is 12.3. The molecule has 0 spiro atoms. The van der Waals surface area contributed by atoms with E-state index in [9.17, 15) is 19.8 Å². The molecule has 3 rings (SSSR count). The highest BCUT2D eigenvalue weighted by Gasteiger charge is 2.58. The van der Waals surface area contributed by atoms with Crippen LogP contribution in [0.1, 0.15) is 74.4 Å². The van der Waals surface area contributed by atoms with Gasteiger partial charge in [-0.3, -0.25) is 9.69 Å². The highest BCUT2D eigenvalue weighted by molar-refractivity contribution is 7.09. The lowest BCUT2D eigenvalue weighted by Gasteiger charge is -2.40. The van der Waals surface area contributed by atoms with Gasteiger partial charge in [-0.15, -0.1) is 11.3 Å². The van der Waals surface area contributed by atoms with Gasteiger partial charge in [0.25, 0.3) is 5.91 Å². The zero-order chi connectivity index (χ0) is 25.3. The summed E-state index contributed by atoms with van der Waals surface area (Å²) < 4.78 is 11.1. The van der Waals surface area contributed by atoms with Crippen molar-refractivity contribution in [3.8, 4) is 5.75 Å². The Hall–Kier alpha value is -2.65. The molecule has 0 radical (unpaired) electrons. The van der Waals surface area contributed by atoms with Gasteiger partial charge in [0.05, 0.1) is 13.2 Å². The number of aromatic nitrogens is 1. The van der Waals surface area contributed by atoms with Gasteiger partial charge in [0.15, 0.2) is 5.72 Å². The largest absolute Gasteiger partial charge is 0.507 e. The van der Waals surface area contributed by atoms with Crippen molar-refractivity contribution in [2.45, 2.75) is 64.6 Å². The fourth-order valence-electron chi connectivity index (χ4n) is 4.95. The number of nitrogens with zero attached hydrogens (tertiary/aromatic N) is 2. The van der Waals surface area contributed by atoms with Crippen molar-refractivity contribution in [1.29, 1.82) is 0 Å². The highest BCUT2D eigenvalue weighted by Crippen LogP contribution is 2.51. The first-order chi connectivity index (χ1) is 15.9. The zero-order valence-electron chi connectivity index (χ0n) is 20.6. The fourth-order valence-corrected chi connectivity index (χ4v) is 5.77. The highest BCUT2D eigenvalue weighted by atomic mass is 32.1. The molecule has 1 saturated heterocycles. The lowest BCUT2D eigenvalue weighted by atomic mass is 9.85. The van der Waals surface area contributed by atoms with Crippen molar-refractivity contribution >= 4 is 23.4 Å². The molecule has 2 aromatic rings. The van der Waals surface area contributed by atoms with Crippen molar-refractivity contribution in [1.82, 2.24) is 9.88 Å². The van der Waals surface area contributed by atoms with E-state index in [0.29, 0.717) is 22.7 Å². The molecule has 9 heteroatoms.